The highest BCUT2D eigenvalue weighted by atomic mass is 16.6. The number of nitrogens with one attached hydrogen (secondary N) is 1. The first-order chi connectivity index (χ1) is 9.69. The summed E-state index contributed by atoms with van der Waals surface area (Å²) >= 11 is 0. The Labute approximate surface area is 117 Å². The van der Waals surface area contributed by atoms with Crippen molar-refractivity contribution in [2.45, 2.75) is 0 Å². The van der Waals surface area contributed by atoms with Gasteiger partial charge in [0.25, 0.3) is 5.69 Å². The van der Waals surface area contributed by atoms with E-state index in [0.717, 1.165) is 0 Å². The fraction of sp³-hybridized carbons (Fsp3) is 0.385. The number of hydrogen-bond acceptors (Lipinski definition) is 6. The number of nitro groups is 1. The third-order valence-electron chi connectivity index (χ3n) is 2.39. The number of nitro benzene ring substituents is 1. The molecule has 0 aliphatic carbocycles. The minimum Gasteiger partial charge on any atom is -0.499 e. The molecule has 0 atom stereocenters. The van der Waals surface area contributed by atoms with Gasteiger partial charge in [-0.1, -0.05) is 6.58 Å². The van der Waals surface area contributed by atoms with E-state index in [4.69, 9.17) is 14.2 Å². The van der Waals surface area contributed by atoms with Crippen LogP contribution in [0.15, 0.2) is 31.0 Å². The van der Waals surface area contributed by atoms with Gasteiger partial charge in [0.15, 0.2) is 0 Å². The Hall–Kier alpha value is -2.28. The van der Waals surface area contributed by atoms with Gasteiger partial charge >= 0.3 is 0 Å². The number of ether oxygens (including phenoxy) is 3. The summed E-state index contributed by atoms with van der Waals surface area (Å²) < 4.78 is 15.6. The average Bonchev–Trinajstić information content (AvgIpc) is 2.46. The molecule has 1 aromatic rings. The quantitative estimate of drug-likeness (QED) is 0.306. The largest absolute Gasteiger partial charge is 0.499 e. The second-order valence-electron chi connectivity index (χ2n) is 3.69. The lowest BCUT2D eigenvalue weighted by atomic mass is 10.2. The molecular formula is C13H18N2O5. The van der Waals surface area contributed by atoms with Crippen molar-refractivity contribution in [1.82, 2.24) is 0 Å². The van der Waals surface area contributed by atoms with Crippen LogP contribution >= 0.6 is 0 Å². The van der Waals surface area contributed by atoms with Crippen molar-refractivity contribution in [3.05, 3.63) is 41.2 Å². The van der Waals surface area contributed by atoms with Gasteiger partial charge in [-0.05, 0) is 6.07 Å². The normalized spacial score (nSPS) is 9.85. The van der Waals surface area contributed by atoms with Crippen molar-refractivity contribution < 1.29 is 19.1 Å². The molecule has 0 spiro atoms. The van der Waals surface area contributed by atoms with Crippen molar-refractivity contribution in [3.8, 4) is 5.75 Å². The van der Waals surface area contributed by atoms with Gasteiger partial charge in [-0.2, -0.15) is 0 Å². The smallest absolute Gasteiger partial charge is 0.273 e. The van der Waals surface area contributed by atoms with E-state index in [1.807, 2.05) is 0 Å². The highest BCUT2D eigenvalue weighted by Crippen LogP contribution is 2.28. The number of anilines is 1. The molecule has 0 saturated heterocycles. The maximum atomic E-state index is 10.7. The lowest BCUT2D eigenvalue weighted by molar-refractivity contribution is -0.384. The highest BCUT2D eigenvalue weighted by Gasteiger charge is 2.10. The summed E-state index contributed by atoms with van der Waals surface area (Å²) in [6, 6.07) is 4.40. The lowest BCUT2D eigenvalue weighted by Gasteiger charge is -2.11. The van der Waals surface area contributed by atoms with Gasteiger partial charge in [0.2, 0.25) is 0 Å². The predicted octanol–water partition coefficient (Wildman–Crippen LogP) is 2.19. The van der Waals surface area contributed by atoms with Crippen LogP contribution in [0.1, 0.15) is 0 Å². The van der Waals surface area contributed by atoms with Crippen LogP contribution < -0.4 is 10.1 Å². The van der Waals surface area contributed by atoms with Crippen molar-refractivity contribution in [1.29, 1.82) is 0 Å². The van der Waals surface area contributed by atoms with Gasteiger partial charge in [-0.15, -0.1) is 0 Å². The average molecular weight is 282 g/mol. The molecule has 0 fully saturated rings. The number of benzene rings is 1. The number of nitrogens with zero attached hydrogens (tertiary/aromatic N) is 1. The van der Waals surface area contributed by atoms with Crippen LogP contribution in [0.3, 0.4) is 0 Å². The molecule has 0 saturated carbocycles. The number of non-ortho nitro benzene ring substituents is 1. The summed E-state index contributed by atoms with van der Waals surface area (Å²) in [5.41, 5.74) is 0.671. The first-order valence-corrected chi connectivity index (χ1v) is 6.08. The predicted molar refractivity (Wildman–Crippen MR) is 75.1 cm³/mol. The molecule has 0 aromatic heterocycles. The Balaban J connectivity index is 2.43. The molecule has 1 aromatic carbocycles. The Bertz CT molecular complexity index is 450. The molecule has 110 valence electrons. The molecule has 1 N–H and O–H groups in total. The minimum absolute atomic E-state index is 0.0145. The maximum absolute atomic E-state index is 10.7. The van der Waals surface area contributed by atoms with E-state index in [1.165, 1.54) is 18.4 Å². The molecule has 0 bridgehead atoms. The van der Waals surface area contributed by atoms with Crippen LogP contribution in [0, 0.1) is 10.1 Å². The van der Waals surface area contributed by atoms with Crippen LogP contribution in [0.25, 0.3) is 0 Å². The second-order valence-corrected chi connectivity index (χ2v) is 3.69. The monoisotopic (exact) mass is 282 g/mol. The Morgan fingerprint density at radius 1 is 1.35 bits per heavy atom. The maximum Gasteiger partial charge on any atom is 0.273 e. The fourth-order valence-electron chi connectivity index (χ4n) is 1.45. The summed E-state index contributed by atoms with van der Waals surface area (Å²) in [6.07, 6.45) is 1.35. The van der Waals surface area contributed by atoms with E-state index in [9.17, 15) is 10.1 Å². The summed E-state index contributed by atoms with van der Waals surface area (Å²) in [6.45, 7) is 4.94. The summed E-state index contributed by atoms with van der Waals surface area (Å²) in [5, 5.41) is 13.6. The van der Waals surface area contributed by atoms with Crippen LogP contribution in [-0.2, 0) is 9.47 Å². The molecule has 1 rings (SSSR count). The topological polar surface area (TPSA) is 82.9 Å². The molecule has 0 aliphatic heterocycles. The molecule has 0 amide bonds. The van der Waals surface area contributed by atoms with Crippen LogP contribution in [0.5, 0.6) is 5.75 Å². The van der Waals surface area contributed by atoms with Crippen LogP contribution in [0.2, 0.25) is 0 Å². The zero-order chi connectivity index (χ0) is 14.8. The third-order valence-corrected chi connectivity index (χ3v) is 2.39. The molecule has 7 nitrogen and oxygen atoms in total. The van der Waals surface area contributed by atoms with Crippen molar-refractivity contribution in [2.24, 2.45) is 0 Å². The number of hydrogen-bond donors (Lipinski definition) is 1. The van der Waals surface area contributed by atoms with Crippen molar-refractivity contribution in [2.75, 3.05) is 38.8 Å². The van der Waals surface area contributed by atoms with Gasteiger partial charge in [0.05, 0.1) is 36.2 Å². The van der Waals surface area contributed by atoms with Crippen LogP contribution in [-0.4, -0.2) is 38.4 Å². The summed E-state index contributed by atoms with van der Waals surface area (Å²) in [5.74, 6) is 0.424. The Kier molecular flexibility index (Phi) is 6.91. The molecule has 0 unspecified atom stereocenters. The number of rotatable bonds is 10. The SMILES string of the molecule is C=COCCOCCOc1cc([N+](=O)[O-])ccc1NC. The minimum atomic E-state index is -0.463. The zero-order valence-corrected chi connectivity index (χ0v) is 11.3. The first kappa shape index (κ1) is 15.8. The Morgan fingerprint density at radius 3 is 2.75 bits per heavy atom. The standard InChI is InChI=1S/C13H18N2O5/c1-3-18-6-7-19-8-9-20-13-10-11(15(16)17)4-5-12(13)14-2/h3-5,10,14H,1,6-9H2,2H3. The third kappa shape index (κ3) is 5.15. The lowest BCUT2D eigenvalue weighted by Crippen LogP contribution is -2.10. The second kappa shape index (κ2) is 8.76. The molecule has 0 aliphatic rings. The van der Waals surface area contributed by atoms with E-state index in [2.05, 4.69) is 11.9 Å². The van der Waals surface area contributed by atoms with Crippen molar-refractivity contribution in [3.63, 3.8) is 0 Å². The van der Waals surface area contributed by atoms with Gasteiger partial charge in [0.1, 0.15) is 19.0 Å². The highest BCUT2D eigenvalue weighted by molar-refractivity contribution is 5.60. The summed E-state index contributed by atoms with van der Waals surface area (Å²) in [7, 11) is 1.72. The zero-order valence-electron chi connectivity index (χ0n) is 11.3. The van der Waals surface area contributed by atoms with Gasteiger partial charge in [-0.25, -0.2) is 0 Å². The summed E-state index contributed by atoms with van der Waals surface area (Å²) in [4.78, 5) is 10.2. The first-order valence-electron chi connectivity index (χ1n) is 6.08. The molecular weight excluding hydrogens is 264 g/mol. The molecule has 0 heterocycles. The van der Waals surface area contributed by atoms with Gasteiger partial charge in [-0.3, -0.25) is 10.1 Å². The van der Waals surface area contributed by atoms with Crippen LogP contribution in [0.4, 0.5) is 11.4 Å². The van der Waals surface area contributed by atoms with E-state index in [0.29, 0.717) is 37.9 Å². The fourth-order valence-corrected chi connectivity index (χ4v) is 1.45. The van der Waals surface area contributed by atoms with E-state index < -0.39 is 4.92 Å². The molecule has 20 heavy (non-hydrogen) atoms. The molecule has 0 radical (unpaired) electrons. The molecule has 7 heteroatoms. The van der Waals surface area contributed by atoms with E-state index >= 15 is 0 Å². The van der Waals surface area contributed by atoms with Crippen molar-refractivity contribution >= 4 is 11.4 Å². The van der Waals surface area contributed by atoms with Gasteiger partial charge in [0, 0.05) is 13.1 Å². The Morgan fingerprint density at radius 2 is 2.10 bits per heavy atom. The van der Waals surface area contributed by atoms with Gasteiger partial charge < -0.3 is 19.5 Å². The van der Waals surface area contributed by atoms with E-state index in [-0.39, 0.29) is 5.69 Å². The van der Waals surface area contributed by atoms with E-state index in [1.54, 1.807) is 13.1 Å².